The molecule has 0 amide bonds. The Hall–Kier alpha value is -2.31. The van der Waals surface area contributed by atoms with Crippen molar-refractivity contribution in [2.45, 2.75) is 25.2 Å². The van der Waals surface area contributed by atoms with Crippen LogP contribution in [-0.4, -0.2) is 6.10 Å². The molecule has 0 N–H and O–H groups in total. The minimum Gasteiger partial charge on any atom is -0.489 e. The van der Waals surface area contributed by atoms with Crippen molar-refractivity contribution in [1.82, 2.24) is 0 Å². The molecule has 100 valence electrons. The van der Waals surface area contributed by atoms with Crippen LogP contribution >= 0.6 is 0 Å². The zero-order chi connectivity index (χ0) is 14.0. The van der Waals surface area contributed by atoms with Crippen molar-refractivity contribution in [2.24, 2.45) is 0 Å². The zero-order valence-electron chi connectivity index (χ0n) is 11.2. The number of hydrogen-bond donors (Lipinski definition) is 0. The van der Waals surface area contributed by atoms with E-state index in [4.69, 9.17) is 14.7 Å². The van der Waals surface area contributed by atoms with Crippen LogP contribution in [0.3, 0.4) is 0 Å². The molecule has 0 spiro atoms. The van der Waals surface area contributed by atoms with Gasteiger partial charge >= 0.3 is 0 Å². The van der Waals surface area contributed by atoms with Crippen molar-refractivity contribution < 1.29 is 9.47 Å². The average molecular weight is 265 g/mol. The molecule has 1 saturated heterocycles. The highest BCUT2D eigenvalue weighted by Gasteiger charge is 2.54. The van der Waals surface area contributed by atoms with Gasteiger partial charge in [-0.25, -0.2) is 0 Å². The first-order chi connectivity index (χ1) is 9.72. The molecule has 0 bridgehead atoms. The fourth-order valence-electron chi connectivity index (χ4n) is 2.20. The van der Waals surface area contributed by atoms with Gasteiger partial charge in [0.15, 0.2) is 6.10 Å². The van der Waals surface area contributed by atoms with Crippen molar-refractivity contribution in [3.05, 3.63) is 65.7 Å². The van der Waals surface area contributed by atoms with Gasteiger partial charge < -0.3 is 9.47 Å². The monoisotopic (exact) mass is 265 g/mol. The van der Waals surface area contributed by atoms with Gasteiger partial charge in [0.1, 0.15) is 18.0 Å². The first kappa shape index (κ1) is 12.7. The van der Waals surface area contributed by atoms with Crippen molar-refractivity contribution in [1.29, 1.82) is 5.26 Å². The maximum absolute atomic E-state index is 8.87. The third-order valence-corrected chi connectivity index (χ3v) is 3.60. The second kappa shape index (κ2) is 4.99. The molecule has 3 rings (SSSR count). The standard InChI is InChI=1S/C17H15NO2/c1-17(16(11-18)20-17)14-7-9-15(10-8-14)19-12-13-5-3-2-4-6-13/h2-10,16H,12H2,1H3. The number of rotatable bonds is 4. The normalized spacial score (nSPS) is 23.9. The van der Waals surface area contributed by atoms with E-state index in [0.717, 1.165) is 16.9 Å². The highest BCUT2D eigenvalue weighted by Crippen LogP contribution is 2.45. The SMILES string of the molecule is CC1(c2ccc(OCc3ccccc3)cc2)OC1C#N. The molecule has 2 aromatic carbocycles. The molecule has 0 aliphatic carbocycles. The van der Waals surface area contributed by atoms with Crippen molar-refractivity contribution in [2.75, 3.05) is 0 Å². The first-order valence-electron chi connectivity index (χ1n) is 6.57. The minimum absolute atomic E-state index is 0.335. The molecule has 1 aliphatic rings. The quantitative estimate of drug-likeness (QED) is 0.796. The smallest absolute Gasteiger partial charge is 0.178 e. The molecular weight excluding hydrogens is 250 g/mol. The van der Waals surface area contributed by atoms with E-state index in [2.05, 4.69) is 6.07 Å². The lowest BCUT2D eigenvalue weighted by molar-refractivity contribution is 0.304. The van der Waals surface area contributed by atoms with Gasteiger partial charge in [0.25, 0.3) is 0 Å². The summed E-state index contributed by atoms with van der Waals surface area (Å²) in [5.74, 6) is 0.815. The van der Waals surface area contributed by atoms with E-state index in [-0.39, 0.29) is 6.10 Å². The summed E-state index contributed by atoms with van der Waals surface area (Å²) in [4.78, 5) is 0. The fraction of sp³-hybridized carbons (Fsp3) is 0.235. The molecule has 20 heavy (non-hydrogen) atoms. The van der Waals surface area contributed by atoms with Gasteiger partial charge in [-0.15, -0.1) is 0 Å². The van der Waals surface area contributed by atoms with Gasteiger partial charge in [-0.05, 0) is 30.2 Å². The lowest BCUT2D eigenvalue weighted by Gasteiger charge is -2.09. The van der Waals surface area contributed by atoms with Gasteiger partial charge in [-0.2, -0.15) is 5.26 Å². The van der Waals surface area contributed by atoms with Crippen LogP contribution in [0.15, 0.2) is 54.6 Å². The second-order valence-electron chi connectivity index (χ2n) is 5.03. The third kappa shape index (κ3) is 2.38. The summed E-state index contributed by atoms with van der Waals surface area (Å²) in [5.41, 5.74) is 1.70. The van der Waals surface area contributed by atoms with E-state index in [1.807, 2.05) is 61.5 Å². The van der Waals surface area contributed by atoms with E-state index in [0.29, 0.717) is 6.61 Å². The summed E-state index contributed by atoms with van der Waals surface area (Å²) in [6.07, 6.45) is -0.335. The molecule has 2 atom stereocenters. The highest BCUT2D eigenvalue weighted by molar-refractivity contribution is 5.36. The molecule has 0 radical (unpaired) electrons. The second-order valence-corrected chi connectivity index (χ2v) is 5.03. The van der Waals surface area contributed by atoms with E-state index in [9.17, 15) is 0 Å². The summed E-state index contributed by atoms with van der Waals surface area (Å²) < 4.78 is 11.1. The first-order valence-corrected chi connectivity index (χ1v) is 6.57. The molecule has 3 nitrogen and oxygen atoms in total. The van der Waals surface area contributed by atoms with Crippen LogP contribution in [-0.2, 0) is 16.9 Å². The van der Waals surface area contributed by atoms with Crippen LogP contribution in [0.4, 0.5) is 0 Å². The Kier molecular flexibility index (Phi) is 3.17. The van der Waals surface area contributed by atoms with E-state index in [1.165, 1.54) is 0 Å². The Morgan fingerprint density at radius 3 is 2.45 bits per heavy atom. The summed E-state index contributed by atoms with van der Waals surface area (Å²) in [5, 5.41) is 8.87. The van der Waals surface area contributed by atoms with Gasteiger partial charge in [-0.1, -0.05) is 42.5 Å². The number of ether oxygens (including phenoxy) is 2. The largest absolute Gasteiger partial charge is 0.489 e. The number of nitrogens with zero attached hydrogens (tertiary/aromatic N) is 1. The third-order valence-electron chi connectivity index (χ3n) is 3.60. The van der Waals surface area contributed by atoms with Crippen LogP contribution in [0.1, 0.15) is 18.1 Å². The van der Waals surface area contributed by atoms with E-state index >= 15 is 0 Å². The highest BCUT2D eigenvalue weighted by atomic mass is 16.6. The lowest BCUT2D eigenvalue weighted by Crippen LogP contribution is -2.06. The molecule has 2 aromatic rings. The number of hydrogen-bond acceptors (Lipinski definition) is 3. The topological polar surface area (TPSA) is 45.5 Å². The number of nitriles is 1. The Morgan fingerprint density at radius 2 is 1.85 bits per heavy atom. The van der Waals surface area contributed by atoms with Gasteiger partial charge in [0, 0.05) is 0 Å². The number of epoxide rings is 1. The zero-order valence-corrected chi connectivity index (χ0v) is 11.2. The number of benzene rings is 2. The van der Waals surface area contributed by atoms with Crippen molar-refractivity contribution >= 4 is 0 Å². The predicted molar refractivity (Wildman–Crippen MR) is 75.1 cm³/mol. The molecular formula is C17H15NO2. The Labute approximate surface area is 118 Å². The summed E-state index contributed by atoms with van der Waals surface area (Å²) >= 11 is 0. The average Bonchev–Trinajstić information content (AvgIpc) is 3.19. The molecule has 1 aliphatic heterocycles. The Balaban J connectivity index is 1.64. The van der Waals surface area contributed by atoms with Crippen LogP contribution < -0.4 is 4.74 Å². The van der Waals surface area contributed by atoms with Gasteiger partial charge in [0.2, 0.25) is 0 Å². The predicted octanol–water partition coefficient (Wildman–Crippen LogP) is 3.40. The fourth-order valence-corrected chi connectivity index (χ4v) is 2.20. The van der Waals surface area contributed by atoms with Crippen LogP contribution in [0.2, 0.25) is 0 Å². The molecule has 1 heterocycles. The summed E-state index contributed by atoms with van der Waals surface area (Å²) in [7, 11) is 0. The van der Waals surface area contributed by atoms with Gasteiger partial charge in [0.05, 0.1) is 6.07 Å². The lowest BCUT2D eigenvalue weighted by atomic mass is 9.98. The summed E-state index contributed by atoms with van der Waals surface area (Å²) in [6.45, 7) is 2.48. The Bertz CT molecular complexity index is 630. The van der Waals surface area contributed by atoms with Crippen molar-refractivity contribution in [3.63, 3.8) is 0 Å². The van der Waals surface area contributed by atoms with Crippen LogP contribution in [0, 0.1) is 11.3 Å². The maximum atomic E-state index is 8.87. The van der Waals surface area contributed by atoms with E-state index in [1.54, 1.807) is 0 Å². The molecule has 1 fully saturated rings. The molecule has 3 heteroatoms. The summed E-state index contributed by atoms with van der Waals surface area (Å²) in [6, 6.07) is 19.9. The molecule has 0 saturated carbocycles. The maximum Gasteiger partial charge on any atom is 0.178 e. The Morgan fingerprint density at radius 1 is 1.15 bits per heavy atom. The molecule has 2 unspecified atom stereocenters. The van der Waals surface area contributed by atoms with Crippen LogP contribution in [0.5, 0.6) is 5.75 Å². The van der Waals surface area contributed by atoms with Crippen LogP contribution in [0.25, 0.3) is 0 Å². The van der Waals surface area contributed by atoms with E-state index < -0.39 is 5.60 Å². The van der Waals surface area contributed by atoms with Gasteiger partial charge in [-0.3, -0.25) is 0 Å². The minimum atomic E-state index is -0.452. The molecule has 0 aromatic heterocycles. The van der Waals surface area contributed by atoms with Crippen molar-refractivity contribution in [3.8, 4) is 11.8 Å².